The van der Waals surface area contributed by atoms with Crippen LogP contribution in [0.1, 0.15) is 30.7 Å². The average molecular weight is 363 g/mol. The van der Waals surface area contributed by atoms with Gasteiger partial charge in [-0.15, -0.1) is 0 Å². The van der Waals surface area contributed by atoms with Crippen molar-refractivity contribution in [3.8, 4) is 17.1 Å². The molecule has 0 radical (unpaired) electrons. The van der Waals surface area contributed by atoms with Gasteiger partial charge in [-0.3, -0.25) is 4.79 Å². The Balaban J connectivity index is 1.51. The predicted octanol–water partition coefficient (Wildman–Crippen LogP) is 3.96. The fourth-order valence-corrected chi connectivity index (χ4v) is 3.30. The fourth-order valence-electron chi connectivity index (χ4n) is 3.30. The average Bonchev–Trinajstić information content (AvgIpc) is 3.29. The van der Waals surface area contributed by atoms with Gasteiger partial charge < -0.3 is 14.2 Å². The summed E-state index contributed by atoms with van der Waals surface area (Å²) in [5.41, 5.74) is 2.89. The molecule has 0 saturated carbocycles. The molecule has 6 heteroatoms. The molecule has 0 aliphatic carbocycles. The van der Waals surface area contributed by atoms with Gasteiger partial charge in [0, 0.05) is 24.2 Å². The van der Waals surface area contributed by atoms with Crippen LogP contribution in [0.2, 0.25) is 0 Å². The van der Waals surface area contributed by atoms with Crippen LogP contribution in [-0.2, 0) is 4.79 Å². The lowest BCUT2D eigenvalue weighted by molar-refractivity contribution is -0.117. The van der Waals surface area contributed by atoms with Gasteiger partial charge in [0.15, 0.2) is 0 Å². The second-order valence-corrected chi connectivity index (χ2v) is 6.66. The third-order valence-electron chi connectivity index (χ3n) is 4.65. The number of ether oxygens (including phenoxy) is 1. The minimum Gasteiger partial charge on any atom is -0.494 e. The maximum absolute atomic E-state index is 12.5. The summed E-state index contributed by atoms with van der Waals surface area (Å²) in [5, 5.41) is 4.09. The third-order valence-corrected chi connectivity index (χ3v) is 4.65. The van der Waals surface area contributed by atoms with Gasteiger partial charge in [0.2, 0.25) is 17.6 Å². The van der Waals surface area contributed by atoms with Crippen LogP contribution in [0.15, 0.2) is 53.1 Å². The molecule has 1 fully saturated rings. The number of aryl methyl sites for hydroxylation is 1. The van der Waals surface area contributed by atoms with Gasteiger partial charge in [-0.1, -0.05) is 17.3 Å². The third kappa shape index (κ3) is 3.56. The minimum absolute atomic E-state index is 0.0754. The molecule has 0 N–H and O–H groups in total. The van der Waals surface area contributed by atoms with E-state index in [1.54, 1.807) is 4.90 Å². The highest BCUT2D eigenvalue weighted by Crippen LogP contribution is 2.32. The number of hydrogen-bond acceptors (Lipinski definition) is 5. The lowest BCUT2D eigenvalue weighted by Crippen LogP contribution is -2.24. The highest BCUT2D eigenvalue weighted by Gasteiger charge is 2.35. The molecule has 0 bridgehead atoms. The first kappa shape index (κ1) is 17.3. The number of rotatable bonds is 5. The summed E-state index contributed by atoms with van der Waals surface area (Å²) in [5.74, 6) is 1.81. The van der Waals surface area contributed by atoms with E-state index in [-0.39, 0.29) is 11.8 Å². The Morgan fingerprint density at radius 3 is 2.78 bits per heavy atom. The zero-order valence-corrected chi connectivity index (χ0v) is 15.4. The Hall–Kier alpha value is -3.15. The number of hydrogen-bond donors (Lipinski definition) is 0. The molecule has 1 aromatic heterocycles. The van der Waals surface area contributed by atoms with Crippen molar-refractivity contribution < 1.29 is 14.1 Å². The molecule has 4 rings (SSSR count). The highest BCUT2D eigenvalue weighted by molar-refractivity contribution is 5.96. The summed E-state index contributed by atoms with van der Waals surface area (Å²) in [4.78, 5) is 18.8. The lowest BCUT2D eigenvalue weighted by atomic mass is 10.1. The molecule has 1 aliphatic rings. The van der Waals surface area contributed by atoms with E-state index in [0.29, 0.717) is 31.3 Å². The zero-order valence-electron chi connectivity index (χ0n) is 15.4. The van der Waals surface area contributed by atoms with E-state index in [0.717, 1.165) is 22.6 Å². The van der Waals surface area contributed by atoms with Crippen LogP contribution >= 0.6 is 0 Å². The van der Waals surface area contributed by atoms with Crippen molar-refractivity contribution in [2.75, 3.05) is 18.1 Å². The van der Waals surface area contributed by atoms with Crippen LogP contribution in [0.3, 0.4) is 0 Å². The highest BCUT2D eigenvalue weighted by atomic mass is 16.5. The van der Waals surface area contributed by atoms with Crippen molar-refractivity contribution in [2.45, 2.75) is 26.2 Å². The molecule has 2 heterocycles. The van der Waals surface area contributed by atoms with Crippen molar-refractivity contribution in [2.24, 2.45) is 0 Å². The van der Waals surface area contributed by atoms with E-state index in [1.807, 2.05) is 62.4 Å². The van der Waals surface area contributed by atoms with Crippen molar-refractivity contribution >= 4 is 11.6 Å². The van der Waals surface area contributed by atoms with Crippen LogP contribution in [-0.4, -0.2) is 29.2 Å². The minimum atomic E-state index is -0.0954. The maximum Gasteiger partial charge on any atom is 0.232 e. The molecule has 1 saturated heterocycles. The fraction of sp³-hybridized carbons (Fsp3) is 0.286. The molecule has 27 heavy (non-hydrogen) atoms. The molecule has 138 valence electrons. The molecule has 3 aromatic rings. The Bertz CT molecular complexity index is 949. The largest absolute Gasteiger partial charge is 0.494 e. The maximum atomic E-state index is 12.5. The molecule has 6 nitrogen and oxygen atoms in total. The van der Waals surface area contributed by atoms with Gasteiger partial charge in [0.05, 0.1) is 12.5 Å². The van der Waals surface area contributed by atoms with E-state index in [4.69, 9.17) is 9.26 Å². The summed E-state index contributed by atoms with van der Waals surface area (Å²) in [6, 6.07) is 15.5. The van der Waals surface area contributed by atoms with Gasteiger partial charge in [0.1, 0.15) is 5.75 Å². The molecule has 1 unspecified atom stereocenters. The molecular weight excluding hydrogens is 342 g/mol. The van der Waals surface area contributed by atoms with Crippen molar-refractivity contribution in [1.29, 1.82) is 0 Å². The van der Waals surface area contributed by atoms with E-state index in [2.05, 4.69) is 10.1 Å². The van der Waals surface area contributed by atoms with E-state index < -0.39 is 0 Å². The second-order valence-electron chi connectivity index (χ2n) is 6.66. The number of benzene rings is 2. The van der Waals surface area contributed by atoms with Crippen molar-refractivity contribution in [1.82, 2.24) is 10.1 Å². The molecular formula is C21H21N3O3. The van der Waals surface area contributed by atoms with Crippen LogP contribution in [0.25, 0.3) is 11.4 Å². The molecule has 1 atom stereocenters. The lowest BCUT2D eigenvalue weighted by Gasteiger charge is -2.16. The number of carbonyl (C=O) groups is 1. The summed E-state index contributed by atoms with van der Waals surface area (Å²) in [6.45, 7) is 5.14. The van der Waals surface area contributed by atoms with Crippen LogP contribution in [0.4, 0.5) is 5.69 Å². The van der Waals surface area contributed by atoms with Crippen molar-refractivity contribution in [3.05, 3.63) is 60.0 Å². The number of carbonyl (C=O) groups excluding carboxylic acids is 1. The van der Waals surface area contributed by atoms with Gasteiger partial charge in [-0.25, -0.2) is 0 Å². The normalized spacial score (nSPS) is 16.7. The standard InChI is InChI=1S/C21H21N3O3/c1-3-26-18-9-7-15(8-10-18)20-22-21(27-23-20)16-12-19(25)24(13-16)17-6-4-5-14(2)11-17/h4-11,16H,3,12-13H2,1-2H3. The summed E-state index contributed by atoms with van der Waals surface area (Å²) in [7, 11) is 0. The quantitative estimate of drug-likeness (QED) is 0.686. The Labute approximate surface area is 157 Å². The number of aromatic nitrogens is 2. The number of amides is 1. The van der Waals surface area contributed by atoms with E-state index in [1.165, 1.54) is 0 Å². The summed E-state index contributed by atoms with van der Waals surface area (Å²) < 4.78 is 10.9. The smallest absolute Gasteiger partial charge is 0.232 e. The monoisotopic (exact) mass is 363 g/mol. The number of nitrogens with zero attached hydrogens (tertiary/aromatic N) is 3. The molecule has 1 amide bonds. The van der Waals surface area contributed by atoms with Crippen LogP contribution < -0.4 is 9.64 Å². The summed E-state index contributed by atoms with van der Waals surface area (Å²) >= 11 is 0. The first-order valence-corrected chi connectivity index (χ1v) is 9.08. The first-order valence-electron chi connectivity index (χ1n) is 9.08. The van der Waals surface area contributed by atoms with Crippen LogP contribution in [0, 0.1) is 6.92 Å². The van der Waals surface area contributed by atoms with Gasteiger partial charge >= 0.3 is 0 Å². The predicted molar refractivity (Wildman–Crippen MR) is 102 cm³/mol. The first-order chi connectivity index (χ1) is 13.1. The van der Waals surface area contributed by atoms with Gasteiger partial charge in [-0.05, 0) is 55.8 Å². The molecule has 2 aromatic carbocycles. The Morgan fingerprint density at radius 2 is 2.04 bits per heavy atom. The van der Waals surface area contributed by atoms with Gasteiger partial charge in [0.25, 0.3) is 0 Å². The Morgan fingerprint density at radius 1 is 1.22 bits per heavy atom. The van der Waals surface area contributed by atoms with Gasteiger partial charge in [-0.2, -0.15) is 4.98 Å². The summed E-state index contributed by atoms with van der Waals surface area (Å²) in [6.07, 6.45) is 0.374. The molecule has 0 spiro atoms. The Kier molecular flexibility index (Phi) is 4.62. The number of anilines is 1. The second kappa shape index (κ2) is 7.23. The van der Waals surface area contributed by atoms with Crippen molar-refractivity contribution in [3.63, 3.8) is 0 Å². The SMILES string of the molecule is CCOc1ccc(-c2noc(C3CC(=O)N(c4cccc(C)c4)C3)n2)cc1. The molecule has 1 aliphatic heterocycles. The van der Waals surface area contributed by atoms with Crippen LogP contribution in [0.5, 0.6) is 5.75 Å². The van der Waals surface area contributed by atoms with E-state index in [9.17, 15) is 4.79 Å². The topological polar surface area (TPSA) is 68.5 Å². The zero-order chi connectivity index (χ0) is 18.8. The van der Waals surface area contributed by atoms with E-state index >= 15 is 0 Å².